The van der Waals surface area contributed by atoms with Crippen molar-refractivity contribution in [2.24, 2.45) is 4.99 Å². The first-order valence-electron chi connectivity index (χ1n) is 11.2. The number of unbranched alkanes of at least 4 members (excludes halogenated alkanes) is 2. The smallest absolute Gasteiger partial charge is 0.332 e. The fraction of sp³-hybridized carbons (Fsp3) is 0.435. The van der Waals surface area contributed by atoms with Crippen LogP contribution in [-0.2, 0) is 32.4 Å². The van der Waals surface area contributed by atoms with Crippen molar-refractivity contribution in [2.75, 3.05) is 0 Å². The number of hydrogen-bond donors (Lipinski definition) is 0. The van der Waals surface area contributed by atoms with Crippen molar-refractivity contribution >= 4 is 45.8 Å². The topological polar surface area (TPSA) is 95.3 Å². The van der Waals surface area contributed by atoms with Crippen LogP contribution < -0.4 is 11.2 Å². The number of aliphatic imine (C=N–C) groups is 1. The Morgan fingerprint density at radius 3 is 2.50 bits per heavy atom. The third kappa shape index (κ3) is 5.29. The van der Waals surface area contributed by atoms with Gasteiger partial charge in [0.25, 0.3) is 5.56 Å². The molecule has 0 atom stereocenters. The average Bonchev–Trinajstić information content (AvgIpc) is 3.42. The summed E-state index contributed by atoms with van der Waals surface area (Å²) >= 11 is 18.5. The number of aryl methyl sites for hydroxylation is 1. The van der Waals surface area contributed by atoms with E-state index in [4.69, 9.17) is 39.3 Å². The molecule has 8 nitrogen and oxygen atoms in total. The van der Waals surface area contributed by atoms with Gasteiger partial charge in [-0.3, -0.25) is 13.9 Å². The minimum absolute atomic E-state index is 0.227. The van der Waals surface area contributed by atoms with Gasteiger partial charge in [0.1, 0.15) is 11.0 Å². The van der Waals surface area contributed by atoms with Gasteiger partial charge < -0.3 is 4.52 Å². The van der Waals surface area contributed by atoms with Crippen LogP contribution in [0.1, 0.15) is 55.4 Å². The SMILES string of the molecule is CCCCCn1c2c(c(=O)n(CCCc3nc(Cc4c(Cl)cccc4Cl)no3)c1=O)CC(Cl)=N2. The fourth-order valence-electron chi connectivity index (χ4n) is 3.96. The summed E-state index contributed by atoms with van der Waals surface area (Å²) in [6.07, 6.45) is 4.32. The molecule has 0 radical (unpaired) electrons. The molecule has 3 heterocycles. The zero-order valence-electron chi connectivity index (χ0n) is 18.7. The van der Waals surface area contributed by atoms with E-state index in [1.165, 1.54) is 4.57 Å². The lowest BCUT2D eigenvalue weighted by Gasteiger charge is -2.13. The van der Waals surface area contributed by atoms with Gasteiger partial charge in [-0.25, -0.2) is 9.79 Å². The van der Waals surface area contributed by atoms with Crippen LogP contribution in [0.3, 0.4) is 0 Å². The Morgan fingerprint density at radius 2 is 1.76 bits per heavy atom. The number of fused-ring (bicyclic) bond motifs is 1. The lowest BCUT2D eigenvalue weighted by atomic mass is 10.1. The molecule has 1 aromatic carbocycles. The second-order valence-electron chi connectivity index (χ2n) is 8.15. The molecule has 4 rings (SSSR count). The second kappa shape index (κ2) is 10.9. The highest BCUT2D eigenvalue weighted by Gasteiger charge is 2.24. The molecule has 0 amide bonds. The van der Waals surface area contributed by atoms with Crippen LogP contribution >= 0.6 is 34.8 Å². The van der Waals surface area contributed by atoms with Crippen LogP contribution in [0, 0.1) is 0 Å². The van der Waals surface area contributed by atoms with E-state index in [2.05, 4.69) is 22.1 Å². The molecular formula is C23H24Cl3N5O3. The molecule has 0 N–H and O–H groups in total. The Bertz CT molecular complexity index is 1320. The van der Waals surface area contributed by atoms with E-state index < -0.39 is 0 Å². The molecule has 0 spiro atoms. The maximum absolute atomic E-state index is 13.1. The van der Waals surface area contributed by atoms with Gasteiger partial charge in [-0.05, 0) is 30.5 Å². The molecule has 180 valence electrons. The van der Waals surface area contributed by atoms with Gasteiger partial charge in [-0.2, -0.15) is 4.98 Å². The van der Waals surface area contributed by atoms with Crippen molar-refractivity contribution in [3.05, 3.63) is 71.9 Å². The number of hydrogen-bond acceptors (Lipinski definition) is 6. The van der Waals surface area contributed by atoms with Crippen LogP contribution in [0.25, 0.3) is 0 Å². The number of halogens is 3. The lowest BCUT2D eigenvalue weighted by molar-refractivity contribution is 0.366. The van der Waals surface area contributed by atoms with E-state index >= 15 is 0 Å². The van der Waals surface area contributed by atoms with Crippen molar-refractivity contribution < 1.29 is 4.52 Å². The van der Waals surface area contributed by atoms with Gasteiger partial charge in [0, 0.05) is 42.4 Å². The third-order valence-electron chi connectivity index (χ3n) is 5.70. The van der Waals surface area contributed by atoms with Gasteiger partial charge in [0.15, 0.2) is 5.82 Å². The van der Waals surface area contributed by atoms with Gasteiger partial charge in [0.2, 0.25) is 5.89 Å². The fourth-order valence-corrected chi connectivity index (χ4v) is 4.70. The molecule has 1 aliphatic heterocycles. The van der Waals surface area contributed by atoms with Crippen LogP contribution in [0.5, 0.6) is 0 Å². The normalized spacial score (nSPS) is 12.8. The molecule has 0 saturated heterocycles. The molecule has 0 saturated carbocycles. The summed E-state index contributed by atoms with van der Waals surface area (Å²) in [7, 11) is 0. The number of benzene rings is 1. The first kappa shape index (κ1) is 24.7. The predicted molar refractivity (Wildman–Crippen MR) is 133 cm³/mol. The van der Waals surface area contributed by atoms with E-state index in [-0.39, 0.29) is 24.2 Å². The Morgan fingerprint density at radius 1 is 1.03 bits per heavy atom. The van der Waals surface area contributed by atoms with Crippen molar-refractivity contribution in [3.63, 3.8) is 0 Å². The summed E-state index contributed by atoms with van der Waals surface area (Å²) in [5.74, 6) is 1.28. The zero-order valence-corrected chi connectivity index (χ0v) is 21.0. The van der Waals surface area contributed by atoms with Crippen LogP contribution in [0.15, 0.2) is 37.3 Å². The van der Waals surface area contributed by atoms with Crippen molar-refractivity contribution in [1.82, 2.24) is 19.3 Å². The molecule has 0 unspecified atom stereocenters. The zero-order chi connectivity index (χ0) is 24.2. The van der Waals surface area contributed by atoms with Crippen molar-refractivity contribution in [2.45, 2.75) is 65.0 Å². The summed E-state index contributed by atoms with van der Waals surface area (Å²) in [5, 5.41) is 5.40. The highest BCUT2D eigenvalue weighted by Crippen LogP contribution is 2.26. The van der Waals surface area contributed by atoms with Crippen molar-refractivity contribution in [1.29, 1.82) is 0 Å². The first-order valence-corrected chi connectivity index (χ1v) is 12.4. The Labute approximate surface area is 211 Å². The number of rotatable bonds is 10. The summed E-state index contributed by atoms with van der Waals surface area (Å²) in [6, 6.07) is 5.28. The summed E-state index contributed by atoms with van der Waals surface area (Å²) in [4.78, 5) is 34.7. The molecule has 0 aliphatic carbocycles. The van der Waals surface area contributed by atoms with Crippen LogP contribution in [0.4, 0.5) is 5.82 Å². The van der Waals surface area contributed by atoms with E-state index in [1.807, 2.05) is 0 Å². The maximum atomic E-state index is 13.1. The minimum atomic E-state index is -0.366. The molecule has 3 aromatic rings. The van der Waals surface area contributed by atoms with Crippen LogP contribution in [0.2, 0.25) is 10.0 Å². The quantitative estimate of drug-likeness (QED) is 0.350. The summed E-state index contributed by atoms with van der Waals surface area (Å²) in [6.45, 7) is 2.82. The second-order valence-corrected chi connectivity index (χ2v) is 9.40. The number of nitrogens with zero attached hydrogens (tertiary/aromatic N) is 5. The van der Waals surface area contributed by atoms with Crippen LogP contribution in [-0.4, -0.2) is 24.4 Å². The van der Waals surface area contributed by atoms with E-state index in [9.17, 15) is 9.59 Å². The van der Waals surface area contributed by atoms with E-state index in [0.29, 0.717) is 64.1 Å². The summed E-state index contributed by atoms with van der Waals surface area (Å²) in [5.41, 5.74) is 0.491. The molecule has 0 bridgehead atoms. The third-order valence-corrected chi connectivity index (χ3v) is 6.63. The molecule has 2 aromatic heterocycles. The highest BCUT2D eigenvalue weighted by atomic mass is 35.5. The monoisotopic (exact) mass is 523 g/mol. The van der Waals surface area contributed by atoms with Gasteiger partial charge >= 0.3 is 5.69 Å². The van der Waals surface area contributed by atoms with Gasteiger partial charge in [0.05, 0.1) is 5.56 Å². The Kier molecular flexibility index (Phi) is 7.91. The van der Waals surface area contributed by atoms with Gasteiger partial charge in [-0.1, -0.05) is 65.8 Å². The Hall–Kier alpha value is -2.42. The molecule has 11 heteroatoms. The molecular weight excluding hydrogens is 501 g/mol. The lowest BCUT2D eigenvalue weighted by Crippen LogP contribution is -2.41. The molecule has 0 fully saturated rings. The summed E-state index contributed by atoms with van der Waals surface area (Å²) < 4.78 is 8.17. The van der Waals surface area contributed by atoms with Gasteiger partial charge in [-0.15, -0.1) is 0 Å². The minimum Gasteiger partial charge on any atom is -0.339 e. The molecule has 34 heavy (non-hydrogen) atoms. The van der Waals surface area contributed by atoms with E-state index in [1.54, 1.807) is 22.8 Å². The van der Waals surface area contributed by atoms with E-state index in [0.717, 1.165) is 24.8 Å². The average molecular weight is 525 g/mol. The highest BCUT2D eigenvalue weighted by molar-refractivity contribution is 6.66. The predicted octanol–water partition coefficient (Wildman–Crippen LogP) is 4.94. The molecule has 1 aliphatic rings. The first-order chi connectivity index (χ1) is 16.4. The standard InChI is InChI=1S/C23H24Cl3N5O3/c1-2-3-4-10-30-21-15(12-18(26)27-21)22(32)31(23(30)33)11-6-9-20-28-19(29-34-20)13-14-16(24)7-5-8-17(14)25/h5,7-8H,2-4,6,9-13H2,1H3. The number of aromatic nitrogens is 4. The largest absolute Gasteiger partial charge is 0.339 e. The van der Waals surface area contributed by atoms with Crippen molar-refractivity contribution in [3.8, 4) is 0 Å². The maximum Gasteiger partial charge on any atom is 0.332 e. The Balaban J connectivity index is 1.47.